The topological polar surface area (TPSA) is 216 Å². The Morgan fingerprint density at radius 2 is 1.25 bits per heavy atom. The molecule has 57 heavy (non-hydrogen) atoms. The van der Waals surface area contributed by atoms with Crippen molar-refractivity contribution in [3.8, 4) is 0 Å². The molecule has 5 atom stereocenters. The number of aliphatic hydroxyl groups excluding tert-OH is 2. The van der Waals surface area contributed by atoms with E-state index in [1.165, 1.54) is 32.1 Å². The number of carbonyl (C=O) groups excluding carboxylic acids is 2. The van der Waals surface area contributed by atoms with Gasteiger partial charge in [0.15, 0.2) is 6.10 Å². The molecular weight excluding hydrogens is 778 g/mol. The van der Waals surface area contributed by atoms with E-state index in [-0.39, 0.29) is 12.8 Å². The molecule has 14 nitrogen and oxygen atoms in total. The van der Waals surface area contributed by atoms with Gasteiger partial charge in [-0.3, -0.25) is 23.2 Å². The van der Waals surface area contributed by atoms with Crippen LogP contribution in [0.2, 0.25) is 0 Å². The molecule has 0 amide bonds. The van der Waals surface area contributed by atoms with Gasteiger partial charge in [0, 0.05) is 12.8 Å². The minimum Gasteiger partial charge on any atom is -0.462 e. The van der Waals surface area contributed by atoms with Crippen LogP contribution in [-0.2, 0) is 41.8 Å². The Bertz CT molecular complexity index is 1280. The number of aliphatic hydroxyl groups is 2. The average Bonchev–Trinajstić information content (AvgIpc) is 3.16. The summed E-state index contributed by atoms with van der Waals surface area (Å²) < 4.78 is 47.6. The Balaban J connectivity index is 4.71. The van der Waals surface area contributed by atoms with E-state index in [0.717, 1.165) is 44.4 Å². The summed E-state index contributed by atoms with van der Waals surface area (Å²) in [7, 11) is -9.70. The molecule has 16 heteroatoms. The smallest absolute Gasteiger partial charge is 0.462 e. The first kappa shape index (κ1) is 54.8. The second-order valence-corrected chi connectivity index (χ2v) is 16.7. The molecule has 0 bridgehead atoms. The summed E-state index contributed by atoms with van der Waals surface area (Å²) in [5, 5.41) is 19.7. The fourth-order valence-corrected chi connectivity index (χ4v) is 6.19. The number of carbonyl (C=O) groups is 2. The molecule has 3 unspecified atom stereocenters. The van der Waals surface area contributed by atoms with Crippen LogP contribution in [0.5, 0.6) is 0 Å². The third-order valence-corrected chi connectivity index (χ3v) is 9.97. The van der Waals surface area contributed by atoms with E-state index in [0.29, 0.717) is 32.1 Å². The van der Waals surface area contributed by atoms with E-state index < -0.39 is 72.3 Å². The van der Waals surface area contributed by atoms with E-state index in [1.807, 2.05) is 36.5 Å². The first-order valence-electron chi connectivity index (χ1n) is 20.5. The third kappa shape index (κ3) is 39.0. The van der Waals surface area contributed by atoms with E-state index in [2.05, 4.69) is 42.0 Å². The standard InChI is InChI=1S/C41H72O14P2/c1-4-6-7-8-18-23-28-37(42)29-24-19-14-10-12-15-20-25-30-40(44)51-34-39(35-54-57(49,50)53-33-38(43)32-52-56(46,47)48)55-41(45)31-26-21-16-11-9-13-17-22-27-36(3)5-2/h6-7,12,14-15,18-19,23-24,29,36-39,42-43H,4-5,8-11,13,16-17,20-22,25-28,30-35H2,1-3H3,(H,49,50)(H2,46,47,48)/b7-6-,15-12-,19-14-,23-18-,29-24+/t36?,37?,38-,39+/m0/s1. The molecule has 5 N–H and O–H groups in total. The minimum atomic E-state index is -4.87. The molecule has 0 rings (SSSR count). The maximum absolute atomic E-state index is 12.6. The van der Waals surface area contributed by atoms with Gasteiger partial charge < -0.3 is 34.4 Å². The predicted octanol–water partition coefficient (Wildman–Crippen LogP) is 8.88. The number of hydrogen-bond acceptors (Lipinski definition) is 11. The third-order valence-electron chi connectivity index (χ3n) is 8.53. The molecule has 0 saturated carbocycles. The summed E-state index contributed by atoms with van der Waals surface area (Å²) in [6, 6.07) is 0. The highest BCUT2D eigenvalue weighted by Gasteiger charge is 2.28. The van der Waals surface area contributed by atoms with Crippen LogP contribution in [0.1, 0.15) is 136 Å². The van der Waals surface area contributed by atoms with Gasteiger partial charge >= 0.3 is 27.6 Å². The van der Waals surface area contributed by atoms with Crippen LogP contribution in [-0.4, -0.2) is 81.6 Å². The Hall–Kier alpha value is -2.22. The first-order chi connectivity index (χ1) is 27.2. The van der Waals surface area contributed by atoms with Crippen molar-refractivity contribution in [2.24, 2.45) is 5.92 Å². The quantitative estimate of drug-likeness (QED) is 0.0130. The average molecular weight is 851 g/mol. The fourth-order valence-electron chi connectivity index (χ4n) is 5.03. The van der Waals surface area contributed by atoms with E-state index >= 15 is 0 Å². The Morgan fingerprint density at radius 1 is 0.649 bits per heavy atom. The van der Waals surface area contributed by atoms with E-state index in [1.54, 1.807) is 12.2 Å². The lowest BCUT2D eigenvalue weighted by Gasteiger charge is -2.20. The van der Waals surface area contributed by atoms with Crippen LogP contribution in [0.25, 0.3) is 0 Å². The fraction of sp³-hybridized carbons (Fsp3) is 0.707. The summed E-state index contributed by atoms with van der Waals surface area (Å²) in [5.74, 6) is -0.368. The number of allylic oxidation sites excluding steroid dienone is 8. The van der Waals surface area contributed by atoms with Crippen molar-refractivity contribution in [2.45, 2.75) is 155 Å². The molecule has 0 aliphatic rings. The number of hydrogen-bond donors (Lipinski definition) is 5. The van der Waals surface area contributed by atoms with Crippen molar-refractivity contribution in [3.05, 3.63) is 60.8 Å². The van der Waals surface area contributed by atoms with Crippen LogP contribution < -0.4 is 0 Å². The van der Waals surface area contributed by atoms with Gasteiger partial charge in [0.25, 0.3) is 0 Å². The van der Waals surface area contributed by atoms with Crippen molar-refractivity contribution in [2.75, 3.05) is 26.4 Å². The molecule has 0 fully saturated rings. The maximum atomic E-state index is 12.6. The highest BCUT2D eigenvalue weighted by Crippen LogP contribution is 2.43. The molecule has 0 aromatic carbocycles. The van der Waals surface area contributed by atoms with Gasteiger partial charge in [-0.25, -0.2) is 9.13 Å². The van der Waals surface area contributed by atoms with Crippen LogP contribution in [0.15, 0.2) is 60.8 Å². The zero-order chi connectivity index (χ0) is 42.6. The van der Waals surface area contributed by atoms with E-state index in [4.69, 9.17) is 23.8 Å². The van der Waals surface area contributed by atoms with Crippen LogP contribution in [0.3, 0.4) is 0 Å². The van der Waals surface area contributed by atoms with Gasteiger partial charge in [-0.1, -0.05) is 139 Å². The van der Waals surface area contributed by atoms with Crippen molar-refractivity contribution in [1.29, 1.82) is 0 Å². The lowest BCUT2D eigenvalue weighted by Crippen LogP contribution is -2.30. The molecule has 0 aliphatic heterocycles. The van der Waals surface area contributed by atoms with Crippen molar-refractivity contribution < 1.29 is 66.7 Å². The van der Waals surface area contributed by atoms with Crippen molar-refractivity contribution >= 4 is 27.6 Å². The van der Waals surface area contributed by atoms with Crippen LogP contribution >= 0.6 is 15.6 Å². The largest absolute Gasteiger partial charge is 0.472 e. The van der Waals surface area contributed by atoms with Gasteiger partial charge in [0.2, 0.25) is 0 Å². The molecule has 0 aliphatic carbocycles. The Morgan fingerprint density at radius 3 is 1.93 bits per heavy atom. The summed E-state index contributed by atoms with van der Waals surface area (Å²) in [4.78, 5) is 52.5. The second-order valence-electron chi connectivity index (χ2n) is 14.0. The highest BCUT2D eigenvalue weighted by molar-refractivity contribution is 7.47. The van der Waals surface area contributed by atoms with Gasteiger partial charge in [-0.2, -0.15) is 0 Å². The monoisotopic (exact) mass is 850 g/mol. The lowest BCUT2D eigenvalue weighted by molar-refractivity contribution is -0.161. The molecule has 0 aromatic heterocycles. The molecule has 0 saturated heterocycles. The highest BCUT2D eigenvalue weighted by atomic mass is 31.2. The summed E-state index contributed by atoms with van der Waals surface area (Å²) in [6.07, 6.45) is 31.3. The lowest BCUT2D eigenvalue weighted by atomic mass is 9.99. The number of esters is 2. The van der Waals surface area contributed by atoms with Crippen LogP contribution in [0.4, 0.5) is 0 Å². The van der Waals surface area contributed by atoms with Gasteiger partial charge in [-0.05, 0) is 50.9 Å². The predicted molar refractivity (Wildman–Crippen MR) is 222 cm³/mol. The number of phosphoric acid groups is 2. The molecule has 0 heterocycles. The maximum Gasteiger partial charge on any atom is 0.472 e. The zero-order valence-corrected chi connectivity index (χ0v) is 36.2. The first-order valence-corrected chi connectivity index (χ1v) is 23.5. The summed E-state index contributed by atoms with van der Waals surface area (Å²) >= 11 is 0. The molecule has 0 aromatic rings. The van der Waals surface area contributed by atoms with E-state index in [9.17, 15) is 33.8 Å². The second kappa shape index (κ2) is 35.7. The normalized spacial score (nSPS) is 15.9. The summed E-state index contributed by atoms with van der Waals surface area (Å²) in [6.45, 7) is 3.76. The Kier molecular flexibility index (Phi) is 34.3. The van der Waals surface area contributed by atoms with Crippen molar-refractivity contribution in [1.82, 2.24) is 0 Å². The van der Waals surface area contributed by atoms with Gasteiger partial charge in [0.05, 0.1) is 25.9 Å². The van der Waals surface area contributed by atoms with Crippen LogP contribution in [0, 0.1) is 5.92 Å². The van der Waals surface area contributed by atoms with Gasteiger partial charge in [0.1, 0.15) is 12.7 Å². The zero-order valence-electron chi connectivity index (χ0n) is 34.4. The Labute approximate surface area is 341 Å². The summed E-state index contributed by atoms with van der Waals surface area (Å²) in [5.41, 5.74) is 0. The minimum absolute atomic E-state index is 0.0830. The number of ether oxygens (including phenoxy) is 2. The molecule has 0 radical (unpaired) electrons. The van der Waals surface area contributed by atoms with Crippen molar-refractivity contribution in [3.63, 3.8) is 0 Å². The molecular formula is C41H72O14P2. The van der Waals surface area contributed by atoms with Gasteiger partial charge in [-0.15, -0.1) is 0 Å². The number of unbranched alkanes of at least 4 members (excludes halogenated alkanes) is 8. The number of phosphoric ester groups is 2. The number of rotatable bonds is 37. The SMILES string of the molecule is CC/C=C\C/C=C\CC(O)/C=C/C=C\C/C=C\CCCC(=O)OC[C@H](COP(=O)(O)OC[C@@H](O)COP(=O)(O)O)OC(=O)CCCCCCCCCCC(C)CC. The molecule has 0 spiro atoms. The molecule has 330 valence electrons.